The van der Waals surface area contributed by atoms with E-state index in [0.29, 0.717) is 18.0 Å². The summed E-state index contributed by atoms with van der Waals surface area (Å²) in [5.41, 5.74) is 3.08. The van der Waals surface area contributed by atoms with E-state index in [2.05, 4.69) is 6.07 Å². The van der Waals surface area contributed by atoms with Gasteiger partial charge in [-0.1, -0.05) is 49.6 Å². The summed E-state index contributed by atoms with van der Waals surface area (Å²) >= 11 is 0. The molecule has 1 radical (unpaired) electrons. The van der Waals surface area contributed by atoms with Crippen LogP contribution < -0.4 is 0 Å². The Labute approximate surface area is 131 Å². The Hall–Kier alpha value is -2.16. The largest absolute Gasteiger partial charge is 0.276 e. The molecular weight excluding hydrogens is 274 g/mol. The molecule has 2 aromatic rings. The van der Waals surface area contributed by atoms with Crippen LogP contribution in [0.2, 0.25) is 0 Å². The SMILES string of the molecule is O=[N+]([O-])c1c(Cc2ccccc2)c[c]cc1C1CCCCC1. The van der Waals surface area contributed by atoms with Crippen LogP contribution in [0.3, 0.4) is 0 Å². The van der Waals surface area contributed by atoms with Gasteiger partial charge < -0.3 is 0 Å². The maximum atomic E-state index is 11.7. The van der Waals surface area contributed by atoms with E-state index in [1.165, 1.54) is 19.3 Å². The monoisotopic (exact) mass is 294 g/mol. The second-order valence-electron chi connectivity index (χ2n) is 6.04. The van der Waals surface area contributed by atoms with E-state index < -0.39 is 0 Å². The summed E-state index contributed by atoms with van der Waals surface area (Å²) in [6.07, 6.45) is 6.30. The standard InChI is InChI=1S/C19H20NO2/c21-20(22)19-17(14-15-8-3-1-4-9-15)12-7-13-18(19)16-10-5-2-6-11-16/h1,3-4,8-9,12-13,16H,2,5-6,10-11,14H2. The van der Waals surface area contributed by atoms with Crippen LogP contribution in [0.4, 0.5) is 5.69 Å². The number of nitrogens with zero attached hydrogens (tertiary/aromatic N) is 1. The minimum absolute atomic E-state index is 0.198. The van der Waals surface area contributed by atoms with E-state index in [9.17, 15) is 10.1 Å². The van der Waals surface area contributed by atoms with Gasteiger partial charge in [-0.2, -0.15) is 0 Å². The highest BCUT2D eigenvalue weighted by Gasteiger charge is 2.26. The van der Waals surface area contributed by atoms with Crippen molar-refractivity contribution in [1.29, 1.82) is 0 Å². The Bertz CT molecular complexity index is 646. The zero-order valence-electron chi connectivity index (χ0n) is 12.6. The molecule has 22 heavy (non-hydrogen) atoms. The number of benzene rings is 2. The van der Waals surface area contributed by atoms with Crippen molar-refractivity contribution in [3.63, 3.8) is 0 Å². The molecule has 3 heteroatoms. The smallest absolute Gasteiger partial charge is 0.258 e. The molecular formula is C19H20NO2. The molecule has 3 rings (SSSR count). The van der Waals surface area contributed by atoms with Crippen molar-refractivity contribution in [2.75, 3.05) is 0 Å². The fourth-order valence-corrected chi connectivity index (χ4v) is 3.45. The highest BCUT2D eigenvalue weighted by atomic mass is 16.6. The second-order valence-corrected chi connectivity index (χ2v) is 6.04. The van der Waals surface area contributed by atoms with Crippen molar-refractivity contribution in [2.24, 2.45) is 0 Å². The quantitative estimate of drug-likeness (QED) is 0.586. The number of hydrogen-bond acceptors (Lipinski definition) is 2. The van der Waals surface area contributed by atoms with Crippen LogP contribution in [0.25, 0.3) is 0 Å². The Morgan fingerprint density at radius 3 is 2.50 bits per heavy atom. The first-order valence-corrected chi connectivity index (χ1v) is 7.97. The average molecular weight is 294 g/mol. The summed E-state index contributed by atoms with van der Waals surface area (Å²) in [4.78, 5) is 11.5. The van der Waals surface area contributed by atoms with E-state index in [0.717, 1.165) is 29.5 Å². The Morgan fingerprint density at radius 1 is 1.09 bits per heavy atom. The first kappa shape index (κ1) is 14.8. The first-order valence-electron chi connectivity index (χ1n) is 7.97. The van der Waals surface area contributed by atoms with Crippen molar-refractivity contribution in [1.82, 2.24) is 0 Å². The molecule has 3 nitrogen and oxygen atoms in total. The zero-order chi connectivity index (χ0) is 15.4. The minimum Gasteiger partial charge on any atom is -0.258 e. The van der Waals surface area contributed by atoms with Gasteiger partial charge in [0, 0.05) is 17.5 Å². The number of nitro groups is 1. The molecule has 1 fully saturated rings. The van der Waals surface area contributed by atoms with Gasteiger partial charge in [-0.3, -0.25) is 10.1 Å². The highest BCUT2D eigenvalue weighted by Crippen LogP contribution is 2.39. The summed E-state index contributed by atoms with van der Waals surface area (Å²) in [6, 6.07) is 16.7. The summed E-state index contributed by atoms with van der Waals surface area (Å²) in [5.74, 6) is 0.320. The fourth-order valence-electron chi connectivity index (χ4n) is 3.45. The highest BCUT2D eigenvalue weighted by molar-refractivity contribution is 5.51. The minimum atomic E-state index is -0.198. The van der Waals surface area contributed by atoms with Gasteiger partial charge in [0.05, 0.1) is 4.92 Å². The molecule has 0 heterocycles. The summed E-state index contributed by atoms with van der Waals surface area (Å²) in [7, 11) is 0. The predicted molar refractivity (Wildman–Crippen MR) is 87.0 cm³/mol. The average Bonchev–Trinajstić information content (AvgIpc) is 2.56. The van der Waals surface area contributed by atoms with Crippen LogP contribution in [0.5, 0.6) is 0 Å². The van der Waals surface area contributed by atoms with Crippen molar-refractivity contribution in [2.45, 2.75) is 44.4 Å². The van der Waals surface area contributed by atoms with Gasteiger partial charge in [-0.25, -0.2) is 0 Å². The van der Waals surface area contributed by atoms with Crippen molar-refractivity contribution in [3.8, 4) is 0 Å². The first-order chi connectivity index (χ1) is 10.8. The maximum absolute atomic E-state index is 11.7. The summed E-state index contributed by atoms with van der Waals surface area (Å²) < 4.78 is 0. The van der Waals surface area contributed by atoms with E-state index in [1.807, 2.05) is 36.4 Å². The molecule has 0 spiro atoms. The number of hydrogen-bond donors (Lipinski definition) is 0. The van der Waals surface area contributed by atoms with Gasteiger partial charge in [-0.15, -0.1) is 0 Å². The normalized spacial score (nSPS) is 15.6. The summed E-state index contributed by atoms with van der Waals surface area (Å²) in [6.45, 7) is 0. The molecule has 1 aliphatic rings. The van der Waals surface area contributed by atoms with Crippen molar-refractivity contribution >= 4 is 5.69 Å². The maximum Gasteiger partial charge on any atom is 0.276 e. The molecule has 1 saturated carbocycles. The lowest BCUT2D eigenvalue weighted by Crippen LogP contribution is -2.09. The molecule has 113 valence electrons. The topological polar surface area (TPSA) is 43.1 Å². The van der Waals surface area contributed by atoms with Crippen LogP contribution in [0.1, 0.15) is 54.7 Å². The number of rotatable bonds is 4. The van der Waals surface area contributed by atoms with Crippen LogP contribution in [0, 0.1) is 16.2 Å². The van der Waals surface area contributed by atoms with Gasteiger partial charge in [0.15, 0.2) is 0 Å². The van der Waals surface area contributed by atoms with Gasteiger partial charge in [-0.05, 0) is 42.5 Å². The molecule has 0 saturated heterocycles. The molecule has 0 aromatic heterocycles. The van der Waals surface area contributed by atoms with Gasteiger partial charge in [0.1, 0.15) is 0 Å². The molecule has 0 unspecified atom stereocenters. The lowest BCUT2D eigenvalue weighted by atomic mass is 9.82. The molecule has 1 aliphatic carbocycles. The lowest BCUT2D eigenvalue weighted by Gasteiger charge is -2.22. The molecule has 0 amide bonds. The Kier molecular flexibility index (Phi) is 4.52. The Balaban J connectivity index is 1.97. The van der Waals surface area contributed by atoms with Crippen molar-refractivity contribution in [3.05, 3.63) is 75.3 Å². The molecule has 0 bridgehead atoms. The third kappa shape index (κ3) is 3.19. The molecule has 2 aromatic carbocycles. The third-order valence-corrected chi connectivity index (χ3v) is 4.54. The zero-order valence-corrected chi connectivity index (χ0v) is 12.6. The third-order valence-electron chi connectivity index (χ3n) is 4.54. The fraction of sp³-hybridized carbons (Fsp3) is 0.368. The van der Waals surface area contributed by atoms with Crippen molar-refractivity contribution < 1.29 is 4.92 Å². The number of nitro benzene ring substituents is 1. The van der Waals surface area contributed by atoms with Gasteiger partial charge in [0.2, 0.25) is 0 Å². The summed E-state index contributed by atoms with van der Waals surface area (Å²) in [5, 5.41) is 11.7. The lowest BCUT2D eigenvalue weighted by molar-refractivity contribution is -0.386. The van der Waals surface area contributed by atoms with Crippen LogP contribution in [-0.2, 0) is 6.42 Å². The Morgan fingerprint density at radius 2 is 1.82 bits per heavy atom. The molecule has 0 N–H and O–H groups in total. The van der Waals surface area contributed by atoms with Crippen LogP contribution >= 0.6 is 0 Å². The van der Waals surface area contributed by atoms with Crippen LogP contribution in [-0.4, -0.2) is 4.92 Å². The van der Waals surface area contributed by atoms with E-state index in [-0.39, 0.29) is 4.92 Å². The second kappa shape index (κ2) is 6.73. The van der Waals surface area contributed by atoms with E-state index in [1.54, 1.807) is 6.07 Å². The van der Waals surface area contributed by atoms with Gasteiger partial charge in [0.25, 0.3) is 5.69 Å². The van der Waals surface area contributed by atoms with Gasteiger partial charge >= 0.3 is 0 Å². The van der Waals surface area contributed by atoms with Crippen LogP contribution in [0.15, 0.2) is 42.5 Å². The molecule has 0 aliphatic heterocycles. The van der Waals surface area contributed by atoms with E-state index >= 15 is 0 Å². The predicted octanol–water partition coefficient (Wildman–Crippen LogP) is 5.03. The van der Waals surface area contributed by atoms with E-state index in [4.69, 9.17) is 0 Å². The molecule has 0 atom stereocenters.